The van der Waals surface area contributed by atoms with Crippen molar-refractivity contribution >= 4 is 51.5 Å². The molecule has 1 saturated heterocycles. The fourth-order valence-corrected chi connectivity index (χ4v) is 6.89. The van der Waals surface area contributed by atoms with Gasteiger partial charge in [0.2, 0.25) is 11.8 Å². The average Bonchev–Trinajstić information content (AvgIpc) is 3.37. The number of pyridine rings is 2. The fourth-order valence-electron chi connectivity index (χ4n) is 6.89. The number of benzene rings is 2. The lowest BCUT2D eigenvalue weighted by atomic mass is 9.99. The summed E-state index contributed by atoms with van der Waals surface area (Å²) in [6, 6.07) is 16.7. The quantitative estimate of drug-likeness (QED) is 0.168. The first-order chi connectivity index (χ1) is 25.5. The van der Waals surface area contributed by atoms with Gasteiger partial charge in [0.1, 0.15) is 11.7 Å². The zero-order valence-electron chi connectivity index (χ0n) is 30.4. The Kier molecular flexibility index (Phi) is 9.45. The van der Waals surface area contributed by atoms with Crippen molar-refractivity contribution in [3.8, 4) is 23.1 Å². The predicted molar refractivity (Wildman–Crippen MR) is 205 cm³/mol. The van der Waals surface area contributed by atoms with E-state index in [2.05, 4.69) is 75.6 Å². The molecule has 7 rings (SSSR count). The molecule has 1 atom stereocenters. The van der Waals surface area contributed by atoms with E-state index >= 15 is 0 Å². The van der Waals surface area contributed by atoms with Crippen molar-refractivity contribution in [2.45, 2.75) is 38.6 Å². The van der Waals surface area contributed by atoms with Crippen molar-refractivity contribution in [1.82, 2.24) is 29.7 Å². The topological polar surface area (TPSA) is 146 Å². The molecule has 2 aliphatic rings. The van der Waals surface area contributed by atoms with Crippen molar-refractivity contribution in [2.24, 2.45) is 14.1 Å². The number of amides is 3. The number of fused-ring (bicyclic) bond motifs is 2. The number of rotatable bonds is 7. The molecule has 1 unspecified atom stereocenters. The number of hydrogen-bond donors (Lipinski definition) is 3. The minimum atomic E-state index is -0.484. The van der Waals surface area contributed by atoms with Crippen LogP contribution in [0.3, 0.4) is 0 Å². The number of imide groups is 1. The van der Waals surface area contributed by atoms with E-state index in [1.807, 2.05) is 56.7 Å². The van der Waals surface area contributed by atoms with E-state index in [4.69, 9.17) is 4.98 Å². The number of piperidine rings is 1. The SMILES string of the molecule is CC(C)c1cc(N2CCN(C)c3cc(-c4ccc(C(=O)NCC#Cc5cccc(NC6CCC(=O)NC6=O)c5)nc4)ncc32)cc2c1n(C)c(=O)n2C. The van der Waals surface area contributed by atoms with Crippen LogP contribution in [0.4, 0.5) is 22.7 Å². The number of nitrogens with one attached hydrogen (secondary N) is 3. The standard InChI is InChI=1S/C40H41N9O4/c1-24(2)29-19-28(20-34-37(29)48(5)40(53)47(34)4)49-17-16-46(3)33-21-32(43-23-35(33)49)26-11-12-30(42-22-26)38(51)41-15-7-9-25-8-6-10-27(18-25)44-31-13-14-36(50)45-39(31)52/h6,8,10-12,18-24,31,44H,13-17H2,1-5H3,(H,41,51)(H,45,50,52). The lowest BCUT2D eigenvalue weighted by molar-refractivity contribution is -0.133. The minimum absolute atomic E-state index is 0.0454. The second-order valence-corrected chi connectivity index (χ2v) is 13.7. The van der Waals surface area contributed by atoms with Gasteiger partial charge in [-0.1, -0.05) is 31.8 Å². The van der Waals surface area contributed by atoms with Crippen LogP contribution in [-0.2, 0) is 23.7 Å². The highest BCUT2D eigenvalue weighted by Gasteiger charge is 2.27. The van der Waals surface area contributed by atoms with Crippen molar-refractivity contribution in [3.63, 3.8) is 0 Å². The van der Waals surface area contributed by atoms with Crippen molar-refractivity contribution in [2.75, 3.05) is 41.8 Å². The van der Waals surface area contributed by atoms with Crippen LogP contribution in [-0.4, -0.2) is 69.5 Å². The molecular weight excluding hydrogens is 670 g/mol. The van der Waals surface area contributed by atoms with E-state index in [1.54, 1.807) is 21.4 Å². The second-order valence-electron chi connectivity index (χ2n) is 13.7. The molecule has 0 aliphatic carbocycles. The average molecular weight is 712 g/mol. The maximum atomic E-state index is 12.9. The molecule has 13 nitrogen and oxygen atoms in total. The molecule has 5 aromatic rings. The molecule has 2 aromatic carbocycles. The summed E-state index contributed by atoms with van der Waals surface area (Å²) in [6.07, 6.45) is 4.25. The van der Waals surface area contributed by atoms with Crippen LogP contribution in [0.1, 0.15) is 54.2 Å². The minimum Gasteiger partial charge on any atom is -0.374 e. The number of nitrogens with zero attached hydrogens (tertiary/aromatic N) is 6. The molecule has 5 heterocycles. The number of aryl methyl sites for hydroxylation is 2. The normalized spacial score (nSPS) is 15.5. The van der Waals surface area contributed by atoms with Gasteiger partial charge in [-0.25, -0.2) is 4.79 Å². The number of carbonyl (C=O) groups excluding carboxylic acids is 3. The van der Waals surface area contributed by atoms with Gasteiger partial charge in [0.15, 0.2) is 0 Å². The van der Waals surface area contributed by atoms with Crippen LogP contribution in [0.25, 0.3) is 22.3 Å². The third kappa shape index (κ3) is 6.95. The predicted octanol–water partition coefficient (Wildman–Crippen LogP) is 4.04. The maximum Gasteiger partial charge on any atom is 0.328 e. The first-order valence-electron chi connectivity index (χ1n) is 17.6. The second kappa shape index (κ2) is 14.3. The number of anilines is 4. The number of aromatic nitrogens is 4. The summed E-state index contributed by atoms with van der Waals surface area (Å²) in [5.74, 6) is 5.27. The molecule has 3 N–H and O–H groups in total. The number of hydrogen-bond acceptors (Lipinski definition) is 9. The molecule has 3 amide bonds. The molecule has 53 heavy (non-hydrogen) atoms. The van der Waals surface area contributed by atoms with Crippen molar-refractivity contribution < 1.29 is 14.4 Å². The van der Waals surface area contributed by atoms with Crippen LogP contribution in [0.5, 0.6) is 0 Å². The highest BCUT2D eigenvalue weighted by molar-refractivity contribution is 6.01. The van der Waals surface area contributed by atoms with Gasteiger partial charge in [-0.05, 0) is 66.4 Å². The summed E-state index contributed by atoms with van der Waals surface area (Å²) in [5.41, 5.74) is 9.16. The molecule has 0 bridgehead atoms. The summed E-state index contributed by atoms with van der Waals surface area (Å²) in [5, 5.41) is 8.28. The van der Waals surface area contributed by atoms with Gasteiger partial charge in [-0.15, -0.1) is 0 Å². The van der Waals surface area contributed by atoms with Crippen LogP contribution < -0.4 is 31.4 Å². The Balaban J connectivity index is 1.03. The molecule has 13 heteroatoms. The van der Waals surface area contributed by atoms with Gasteiger partial charge in [-0.3, -0.25) is 38.8 Å². The van der Waals surface area contributed by atoms with Crippen LogP contribution >= 0.6 is 0 Å². The molecule has 270 valence electrons. The third-order valence-electron chi connectivity index (χ3n) is 9.84. The Hall–Kier alpha value is -6.42. The van der Waals surface area contributed by atoms with E-state index in [-0.39, 0.29) is 41.6 Å². The summed E-state index contributed by atoms with van der Waals surface area (Å²) < 4.78 is 3.44. The van der Waals surface area contributed by atoms with Gasteiger partial charge in [0, 0.05) is 69.4 Å². The number of imidazole rings is 1. The van der Waals surface area contributed by atoms with E-state index in [1.165, 1.54) is 0 Å². The number of carbonyl (C=O) groups is 3. The van der Waals surface area contributed by atoms with E-state index in [9.17, 15) is 19.2 Å². The van der Waals surface area contributed by atoms with Crippen molar-refractivity contribution in [3.05, 3.63) is 94.3 Å². The molecule has 2 aliphatic heterocycles. The zero-order chi connectivity index (χ0) is 37.4. The first-order valence-corrected chi connectivity index (χ1v) is 17.6. The summed E-state index contributed by atoms with van der Waals surface area (Å²) in [7, 11) is 5.70. The monoisotopic (exact) mass is 711 g/mol. The van der Waals surface area contributed by atoms with Crippen LogP contribution in [0.15, 0.2) is 71.8 Å². The molecule has 1 fully saturated rings. The number of likely N-dealkylation sites (N-methyl/N-ethyl adjacent to an activating group) is 1. The molecule has 3 aromatic heterocycles. The maximum absolute atomic E-state index is 12.9. The van der Waals surface area contributed by atoms with Gasteiger partial charge in [-0.2, -0.15) is 0 Å². The van der Waals surface area contributed by atoms with Gasteiger partial charge >= 0.3 is 5.69 Å². The zero-order valence-corrected chi connectivity index (χ0v) is 30.4. The Morgan fingerprint density at radius 2 is 1.79 bits per heavy atom. The van der Waals surface area contributed by atoms with Gasteiger partial charge in [0.05, 0.1) is 40.8 Å². The van der Waals surface area contributed by atoms with E-state index in [0.717, 1.165) is 69.3 Å². The van der Waals surface area contributed by atoms with E-state index < -0.39 is 6.04 Å². The van der Waals surface area contributed by atoms with Crippen LogP contribution in [0.2, 0.25) is 0 Å². The lowest BCUT2D eigenvalue weighted by Crippen LogP contribution is -2.47. The molecule has 0 radical (unpaired) electrons. The van der Waals surface area contributed by atoms with E-state index in [0.29, 0.717) is 12.8 Å². The Labute approximate surface area is 307 Å². The Morgan fingerprint density at radius 3 is 2.55 bits per heavy atom. The smallest absolute Gasteiger partial charge is 0.328 e. The lowest BCUT2D eigenvalue weighted by Gasteiger charge is -2.37. The van der Waals surface area contributed by atoms with Crippen LogP contribution in [0, 0.1) is 11.8 Å². The third-order valence-corrected chi connectivity index (χ3v) is 9.84. The first kappa shape index (κ1) is 35.0. The largest absolute Gasteiger partial charge is 0.374 e. The summed E-state index contributed by atoms with van der Waals surface area (Å²) in [4.78, 5) is 62.9. The fraction of sp³-hybridized carbons (Fsp3) is 0.300. The van der Waals surface area contributed by atoms with Gasteiger partial charge in [0.25, 0.3) is 5.91 Å². The molecule has 0 spiro atoms. The summed E-state index contributed by atoms with van der Waals surface area (Å²) in [6.45, 7) is 5.97. The highest BCUT2D eigenvalue weighted by atomic mass is 16.2. The Morgan fingerprint density at radius 1 is 0.962 bits per heavy atom. The summed E-state index contributed by atoms with van der Waals surface area (Å²) >= 11 is 0. The molecule has 0 saturated carbocycles. The molecular formula is C40H41N9O4. The Bertz CT molecular complexity index is 2380. The van der Waals surface area contributed by atoms with Crippen molar-refractivity contribution in [1.29, 1.82) is 0 Å². The van der Waals surface area contributed by atoms with Gasteiger partial charge < -0.3 is 20.4 Å². The highest BCUT2D eigenvalue weighted by Crippen LogP contribution is 2.40.